The van der Waals surface area contributed by atoms with E-state index in [1.807, 2.05) is 48.5 Å². The summed E-state index contributed by atoms with van der Waals surface area (Å²) in [5.74, 6) is -0.540. The van der Waals surface area contributed by atoms with E-state index >= 15 is 0 Å². The molecule has 2 fully saturated rings. The Kier molecular flexibility index (Phi) is 5.41. The van der Waals surface area contributed by atoms with Gasteiger partial charge >= 0.3 is 5.97 Å². The first kappa shape index (κ1) is 22.0. The number of hydrogen-bond donors (Lipinski definition) is 0. The molecule has 1 aliphatic carbocycles. The van der Waals surface area contributed by atoms with Gasteiger partial charge in [-0.3, -0.25) is 0 Å². The zero-order chi connectivity index (χ0) is 22.6. The predicted molar refractivity (Wildman–Crippen MR) is 124 cm³/mol. The van der Waals surface area contributed by atoms with E-state index in [2.05, 4.69) is 0 Å². The molecule has 3 atom stereocenters. The van der Waals surface area contributed by atoms with Crippen LogP contribution in [0.3, 0.4) is 0 Å². The molecule has 3 unspecified atom stereocenters. The van der Waals surface area contributed by atoms with Gasteiger partial charge in [0.2, 0.25) is 10.0 Å². The molecule has 0 bridgehead atoms. The summed E-state index contributed by atoms with van der Waals surface area (Å²) in [5, 5.41) is 0.623. The number of ether oxygens (including phenoxy) is 2. The van der Waals surface area contributed by atoms with Crippen LogP contribution in [0.25, 0.3) is 4.91 Å². The Morgan fingerprint density at radius 2 is 1.91 bits per heavy atom. The monoisotopic (exact) mass is 491 g/mol. The summed E-state index contributed by atoms with van der Waals surface area (Å²) < 4.78 is 39.1. The van der Waals surface area contributed by atoms with Gasteiger partial charge in [0.1, 0.15) is 16.9 Å². The number of fused-ring (bicyclic) bond motifs is 1. The Hall–Kier alpha value is -1.84. The van der Waals surface area contributed by atoms with Crippen LogP contribution in [0.1, 0.15) is 24.0 Å². The Balaban J connectivity index is 1.47. The van der Waals surface area contributed by atoms with Gasteiger partial charge in [0.05, 0.1) is 19.1 Å². The fourth-order valence-electron chi connectivity index (χ4n) is 4.88. The van der Waals surface area contributed by atoms with E-state index in [0.29, 0.717) is 17.9 Å². The highest BCUT2D eigenvalue weighted by atomic mass is 35.5. The lowest BCUT2D eigenvalue weighted by Crippen LogP contribution is -2.58. The molecule has 0 radical (unpaired) electrons. The number of carbonyl (C=O) groups is 1. The van der Waals surface area contributed by atoms with E-state index in [-0.39, 0.29) is 13.3 Å². The third-order valence-electron chi connectivity index (χ3n) is 6.58. The molecule has 3 aliphatic rings. The van der Waals surface area contributed by atoms with Crippen LogP contribution in [0.4, 0.5) is 0 Å². The molecule has 2 aromatic rings. The van der Waals surface area contributed by atoms with Gasteiger partial charge in [0, 0.05) is 9.93 Å². The van der Waals surface area contributed by atoms with Crippen LogP contribution >= 0.6 is 23.4 Å². The zero-order valence-corrected chi connectivity index (χ0v) is 19.8. The summed E-state index contributed by atoms with van der Waals surface area (Å²) in [6.07, 6.45) is 2.60. The molecule has 5 rings (SSSR count). The maximum Gasteiger partial charge on any atom is 0.328 e. The van der Waals surface area contributed by atoms with Crippen LogP contribution in [0, 0.1) is 0 Å². The topological polar surface area (TPSA) is 72.9 Å². The normalized spacial score (nSPS) is 29.8. The second-order valence-electron chi connectivity index (χ2n) is 8.21. The first-order valence-electron chi connectivity index (χ1n) is 10.2. The smallest absolute Gasteiger partial charge is 0.328 e. The Bertz CT molecular complexity index is 1180. The molecule has 168 valence electrons. The van der Waals surface area contributed by atoms with Crippen molar-refractivity contribution in [1.29, 1.82) is 0 Å². The molecule has 9 heteroatoms. The number of nitrogens with zero attached hydrogens (tertiary/aromatic N) is 1. The molecule has 0 amide bonds. The van der Waals surface area contributed by atoms with Crippen molar-refractivity contribution in [3.05, 3.63) is 76.8 Å². The molecular formula is C23H22ClNO5S2. The molecule has 2 aromatic carbocycles. The molecule has 32 heavy (non-hydrogen) atoms. The summed E-state index contributed by atoms with van der Waals surface area (Å²) in [5.41, 5.74) is -0.240. The largest absolute Gasteiger partial charge is 0.468 e. The fourth-order valence-corrected chi connectivity index (χ4v) is 8.65. The minimum Gasteiger partial charge on any atom is -0.468 e. The highest BCUT2D eigenvalue weighted by Gasteiger charge is 2.80. The second-order valence-corrected chi connectivity index (χ2v) is 12.2. The van der Waals surface area contributed by atoms with Crippen LogP contribution in [-0.2, 0) is 29.7 Å². The standard InChI is InChI=1S/C23H22ClNO5S2/c1-29-21(26)23-13-22(23,17-5-3-2-4-6-17)14-30-15-25(23)32(27,28)20-12-11-19(31-20)16-7-9-18(24)10-8-16/h2-11,20H,12-15H2,1H3. The lowest BCUT2D eigenvalue weighted by atomic mass is 9.90. The number of halogens is 1. The lowest BCUT2D eigenvalue weighted by Gasteiger charge is -2.39. The van der Waals surface area contributed by atoms with Crippen LogP contribution in [-0.4, -0.2) is 49.3 Å². The quantitative estimate of drug-likeness (QED) is 0.588. The summed E-state index contributed by atoms with van der Waals surface area (Å²) in [4.78, 5) is 14.0. The van der Waals surface area contributed by atoms with Crippen molar-refractivity contribution in [2.45, 2.75) is 28.4 Å². The number of esters is 1. The van der Waals surface area contributed by atoms with Gasteiger partial charge in [0.15, 0.2) is 0 Å². The van der Waals surface area contributed by atoms with Crippen molar-refractivity contribution in [1.82, 2.24) is 4.31 Å². The van der Waals surface area contributed by atoms with Gasteiger partial charge in [-0.25, -0.2) is 13.2 Å². The summed E-state index contributed by atoms with van der Waals surface area (Å²) in [7, 11) is -2.58. The van der Waals surface area contributed by atoms with Gasteiger partial charge < -0.3 is 9.47 Å². The maximum absolute atomic E-state index is 13.8. The number of thioether (sulfide) groups is 1. The Morgan fingerprint density at radius 1 is 1.19 bits per heavy atom. The molecule has 0 spiro atoms. The van der Waals surface area contributed by atoms with Crippen LogP contribution in [0.5, 0.6) is 0 Å². The van der Waals surface area contributed by atoms with Crippen molar-refractivity contribution < 1.29 is 22.7 Å². The van der Waals surface area contributed by atoms with Crippen molar-refractivity contribution >= 4 is 44.3 Å². The predicted octanol–water partition coefficient (Wildman–Crippen LogP) is 4.02. The number of sulfonamides is 1. The highest BCUT2D eigenvalue weighted by Crippen LogP contribution is 2.65. The Morgan fingerprint density at radius 3 is 2.59 bits per heavy atom. The zero-order valence-electron chi connectivity index (χ0n) is 17.4. The van der Waals surface area contributed by atoms with Crippen molar-refractivity contribution in [3.63, 3.8) is 0 Å². The summed E-state index contributed by atoms with van der Waals surface area (Å²) in [6.45, 7) is 0.101. The minimum atomic E-state index is -3.89. The molecule has 1 saturated heterocycles. The van der Waals surface area contributed by atoms with E-state index in [9.17, 15) is 13.2 Å². The maximum atomic E-state index is 13.8. The average molecular weight is 492 g/mol. The highest BCUT2D eigenvalue weighted by molar-refractivity contribution is 8.18. The van der Waals surface area contributed by atoms with Crippen molar-refractivity contribution in [2.24, 2.45) is 0 Å². The van der Waals surface area contributed by atoms with Gasteiger partial charge in [0.25, 0.3) is 0 Å². The number of carbonyl (C=O) groups excluding carboxylic acids is 1. The molecule has 0 N–H and O–H groups in total. The van der Waals surface area contributed by atoms with Crippen LogP contribution in [0.15, 0.2) is 60.7 Å². The van der Waals surface area contributed by atoms with Gasteiger partial charge in [-0.1, -0.05) is 60.1 Å². The van der Waals surface area contributed by atoms with E-state index in [4.69, 9.17) is 21.1 Å². The summed E-state index contributed by atoms with van der Waals surface area (Å²) in [6, 6.07) is 16.8. The third kappa shape index (κ3) is 3.15. The molecule has 2 heterocycles. The number of benzene rings is 2. The van der Waals surface area contributed by atoms with Crippen LogP contribution in [0.2, 0.25) is 5.02 Å². The van der Waals surface area contributed by atoms with E-state index in [1.54, 1.807) is 12.1 Å². The first-order valence-corrected chi connectivity index (χ1v) is 13.0. The second kappa shape index (κ2) is 7.88. The molecule has 6 nitrogen and oxygen atoms in total. The van der Waals surface area contributed by atoms with E-state index in [0.717, 1.165) is 16.0 Å². The molecular weight excluding hydrogens is 470 g/mol. The van der Waals surface area contributed by atoms with Gasteiger partial charge in [-0.15, -0.1) is 11.8 Å². The number of rotatable bonds is 5. The molecule has 1 saturated carbocycles. The van der Waals surface area contributed by atoms with E-state index in [1.165, 1.54) is 23.2 Å². The number of methoxy groups -OCH3 is 1. The molecule has 0 aromatic heterocycles. The lowest BCUT2D eigenvalue weighted by molar-refractivity contribution is -0.153. The average Bonchev–Trinajstić information content (AvgIpc) is 3.29. The minimum absolute atomic E-state index is 0.167. The van der Waals surface area contributed by atoms with Crippen LogP contribution < -0.4 is 0 Å². The van der Waals surface area contributed by atoms with Gasteiger partial charge in [-0.2, -0.15) is 4.31 Å². The fraction of sp³-hybridized carbons (Fsp3) is 0.348. The molecule has 2 aliphatic heterocycles. The summed E-state index contributed by atoms with van der Waals surface area (Å²) >= 11 is 7.26. The van der Waals surface area contributed by atoms with E-state index < -0.39 is 31.5 Å². The van der Waals surface area contributed by atoms with Crippen molar-refractivity contribution in [2.75, 3.05) is 20.4 Å². The number of allylic oxidation sites excluding steroid dienone is 1. The van der Waals surface area contributed by atoms with Gasteiger partial charge in [-0.05, 0) is 36.1 Å². The number of hydrogen-bond acceptors (Lipinski definition) is 6. The first-order chi connectivity index (χ1) is 15.3. The SMILES string of the molecule is COC(=O)C12CC1(c1ccccc1)COCN2S(=O)(=O)C1CC=C(c2ccc(Cl)cc2)S1. The Labute approximate surface area is 196 Å². The van der Waals surface area contributed by atoms with Crippen molar-refractivity contribution in [3.8, 4) is 0 Å². The third-order valence-corrected chi connectivity index (χ3v) is 10.8.